The number of carbonyl (C=O) groups is 1. The molecule has 1 aromatic heterocycles. The molecule has 22 heavy (non-hydrogen) atoms. The van der Waals surface area contributed by atoms with Crippen molar-refractivity contribution in [1.29, 1.82) is 0 Å². The molecule has 1 aliphatic carbocycles. The number of aliphatic hydroxyl groups excluding tert-OH is 1. The lowest BCUT2D eigenvalue weighted by Gasteiger charge is -2.28. The number of hydrogen-bond acceptors (Lipinski definition) is 3. The highest BCUT2D eigenvalue weighted by molar-refractivity contribution is 5.94. The van der Waals surface area contributed by atoms with Gasteiger partial charge in [0.05, 0.1) is 18.5 Å². The van der Waals surface area contributed by atoms with Gasteiger partial charge in [-0.1, -0.05) is 25.0 Å². The van der Waals surface area contributed by atoms with Crippen molar-refractivity contribution in [3.63, 3.8) is 0 Å². The van der Waals surface area contributed by atoms with Crippen LogP contribution in [0.5, 0.6) is 0 Å². The lowest BCUT2D eigenvalue weighted by molar-refractivity contribution is 0.0838. The minimum absolute atomic E-state index is 0.0114. The molecule has 1 aliphatic rings. The average Bonchev–Trinajstić information content (AvgIpc) is 3.20. The fraction of sp³-hybridized carbons (Fsp3) is 0.412. The molecule has 116 valence electrons. The first kappa shape index (κ1) is 14.8. The Labute approximate surface area is 130 Å². The van der Waals surface area contributed by atoms with Gasteiger partial charge in [0.15, 0.2) is 0 Å². The van der Waals surface area contributed by atoms with E-state index in [1.54, 1.807) is 12.5 Å². The minimum atomic E-state index is -0.424. The molecule has 0 saturated heterocycles. The van der Waals surface area contributed by atoms with E-state index >= 15 is 0 Å². The van der Waals surface area contributed by atoms with Crippen LogP contribution in [0.25, 0.3) is 0 Å². The van der Waals surface area contributed by atoms with E-state index in [-0.39, 0.29) is 12.5 Å². The Morgan fingerprint density at radius 2 is 2.00 bits per heavy atom. The second-order valence-corrected chi connectivity index (χ2v) is 6.03. The van der Waals surface area contributed by atoms with Gasteiger partial charge in [-0.15, -0.1) is 0 Å². The Morgan fingerprint density at radius 1 is 1.27 bits per heavy atom. The summed E-state index contributed by atoms with van der Waals surface area (Å²) in [5.74, 6) is -0.106. The Kier molecular flexibility index (Phi) is 4.24. The number of nitrogens with one attached hydrogen (secondary N) is 1. The number of aliphatic hydroxyl groups is 1. The van der Waals surface area contributed by atoms with Crippen molar-refractivity contribution in [2.75, 3.05) is 6.61 Å². The van der Waals surface area contributed by atoms with E-state index in [0.717, 1.165) is 37.8 Å². The van der Waals surface area contributed by atoms with Gasteiger partial charge in [0, 0.05) is 24.5 Å². The van der Waals surface area contributed by atoms with Crippen LogP contribution in [-0.4, -0.2) is 32.7 Å². The van der Waals surface area contributed by atoms with E-state index in [0.29, 0.717) is 5.56 Å². The molecule has 0 radical (unpaired) electrons. The highest BCUT2D eigenvalue weighted by atomic mass is 16.3. The molecule has 0 spiro atoms. The van der Waals surface area contributed by atoms with Crippen molar-refractivity contribution >= 4 is 5.91 Å². The Hall–Kier alpha value is -2.14. The van der Waals surface area contributed by atoms with E-state index in [1.165, 1.54) is 0 Å². The molecule has 1 amide bonds. The van der Waals surface area contributed by atoms with Crippen LogP contribution < -0.4 is 5.32 Å². The molecule has 0 aliphatic heterocycles. The van der Waals surface area contributed by atoms with Crippen LogP contribution in [0.4, 0.5) is 0 Å². The van der Waals surface area contributed by atoms with E-state index in [9.17, 15) is 9.90 Å². The van der Waals surface area contributed by atoms with Crippen LogP contribution >= 0.6 is 0 Å². The molecular formula is C17H21N3O2. The molecule has 2 N–H and O–H groups in total. The van der Waals surface area contributed by atoms with Crippen LogP contribution in [0, 0.1) is 0 Å². The van der Waals surface area contributed by atoms with Gasteiger partial charge < -0.3 is 15.0 Å². The summed E-state index contributed by atoms with van der Waals surface area (Å²) in [6.07, 6.45) is 9.26. The first-order valence-corrected chi connectivity index (χ1v) is 7.69. The molecule has 0 bridgehead atoms. The Morgan fingerprint density at radius 3 is 2.59 bits per heavy atom. The molecule has 3 rings (SSSR count). The molecule has 5 heteroatoms. The Bertz CT molecular complexity index is 614. The van der Waals surface area contributed by atoms with Gasteiger partial charge >= 0.3 is 0 Å². The third-order valence-electron chi connectivity index (χ3n) is 4.38. The van der Waals surface area contributed by atoms with Crippen molar-refractivity contribution in [3.05, 3.63) is 54.1 Å². The summed E-state index contributed by atoms with van der Waals surface area (Å²) in [6, 6.07) is 7.58. The normalized spacial score (nSPS) is 16.6. The van der Waals surface area contributed by atoms with E-state index in [4.69, 9.17) is 0 Å². The zero-order valence-corrected chi connectivity index (χ0v) is 12.5. The SMILES string of the molecule is O=C(NC1(CO)CCCC1)c1ccc(Cn2ccnc2)cc1. The summed E-state index contributed by atoms with van der Waals surface area (Å²) in [7, 11) is 0. The van der Waals surface area contributed by atoms with E-state index in [2.05, 4.69) is 10.3 Å². The van der Waals surface area contributed by atoms with E-state index < -0.39 is 5.54 Å². The van der Waals surface area contributed by atoms with Crippen LogP contribution in [0.3, 0.4) is 0 Å². The van der Waals surface area contributed by atoms with Crippen molar-refractivity contribution in [3.8, 4) is 0 Å². The molecule has 1 aromatic carbocycles. The van der Waals surface area contributed by atoms with Crippen LogP contribution in [0.2, 0.25) is 0 Å². The summed E-state index contributed by atoms with van der Waals surface area (Å²) in [5, 5.41) is 12.6. The average molecular weight is 299 g/mol. The summed E-state index contributed by atoms with van der Waals surface area (Å²) in [5.41, 5.74) is 1.33. The number of imidazole rings is 1. The topological polar surface area (TPSA) is 67.2 Å². The maximum atomic E-state index is 12.4. The first-order valence-electron chi connectivity index (χ1n) is 7.69. The molecule has 1 heterocycles. The molecule has 0 unspecified atom stereocenters. The minimum Gasteiger partial charge on any atom is -0.394 e. The van der Waals surface area contributed by atoms with Crippen LogP contribution in [-0.2, 0) is 6.54 Å². The van der Waals surface area contributed by atoms with Gasteiger partial charge in [-0.2, -0.15) is 0 Å². The summed E-state index contributed by atoms with van der Waals surface area (Å²) < 4.78 is 1.98. The number of benzene rings is 1. The third kappa shape index (κ3) is 3.20. The van der Waals surface area contributed by atoms with Gasteiger partial charge in [0.1, 0.15) is 0 Å². The van der Waals surface area contributed by atoms with Crippen molar-refractivity contribution in [2.45, 2.75) is 37.8 Å². The zero-order chi connectivity index (χ0) is 15.4. The number of rotatable bonds is 5. The predicted molar refractivity (Wildman–Crippen MR) is 83.5 cm³/mol. The quantitative estimate of drug-likeness (QED) is 0.887. The molecule has 2 aromatic rings. The summed E-state index contributed by atoms with van der Waals surface area (Å²) in [4.78, 5) is 16.4. The molecule has 0 atom stereocenters. The van der Waals surface area contributed by atoms with Gasteiger partial charge in [0.2, 0.25) is 0 Å². The van der Waals surface area contributed by atoms with Gasteiger partial charge in [0.25, 0.3) is 5.91 Å². The Balaban J connectivity index is 1.65. The largest absolute Gasteiger partial charge is 0.394 e. The monoisotopic (exact) mass is 299 g/mol. The second kappa shape index (κ2) is 6.32. The number of carbonyl (C=O) groups excluding carboxylic acids is 1. The zero-order valence-electron chi connectivity index (χ0n) is 12.5. The van der Waals surface area contributed by atoms with Crippen LogP contribution in [0.15, 0.2) is 43.0 Å². The van der Waals surface area contributed by atoms with Crippen LogP contribution in [0.1, 0.15) is 41.6 Å². The summed E-state index contributed by atoms with van der Waals surface area (Å²) >= 11 is 0. The predicted octanol–water partition coefficient (Wildman–Crippen LogP) is 1.97. The highest BCUT2D eigenvalue weighted by Crippen LogP contribution is 2.29. The second-order valence-electron chi connectivity index (χ2n) is 6.03. The van der Waals surface area contributed by atoms with E-state index in [1.807, 2.05) is 35.0 Å². The smallest absolute Gasteiger partial charge is 0.251 e. The number of nitrogens with zero attached hydrogens (tertiary/aromatic N) is 2. The highest BCUT2D eigenvalue weighted by Gasteiger charge is 2.34. The first-order chi connectivity index (χ1) is 10.7. The van der Waals surface area contributed by atoms with Crippen molar-refractivity contribution in [1.82, 2.24) is 14.9 Å². The van der Waals surface area contributed by atoms with Gasteiger partial charge in [-0.05, 0) is 30.5 Å². The third-order valence-corrected chi connectivity index (χ3v) is 4.38. The standard InChI is InChI=1S/C17H21N3O2/c21-12-17(7-1-2-8-17)19-16(22)15-5-3-14(4-6-15)11-20-10-9-18-13-20/h3-6,9-10,13,21H,1-2,7-8,11-12H2,(H,19,22). The van der Waals surface area contributed by atoms with Crippen molar-refractivity contribution < 1.29 is 9.90 Å². The number of aromatic nitrogens is 2. The molecular weight excluding hydrogens is 278 g/mol. The lowest BCUT2D eigenvalue weighted by atomic mass is 9.98. The van der Waals surface area contributed by atoms with Gasteiger partial charge in [-0.25, -0.2) is 4.98 Å². The number of amides is 1. The summed E-state index contributed by atoms with van der Waals surface area (Å²) in [6.45, 7) is 0.750. The van der Waals surface area contributed by atoms with Crippen molar-refractivity contribution in [2.24, 2.45) is 0 Å². The lowest BCUT2D eigenvalue weighted by Crippen LogP contribution is -2.49. The maximum Gasteiger partial charge on any atom is 0.251 e. The fourth-order valence-corrected chi connectivity index (χ4v) is 3.04. The molecule has 1 saturated carbocycles. The maximum absolute atomic E-state index is 12.4. The number of hydrogen-bond donors (Lipinski definition) is 2. The fourth-order valence-electron chi connectivity index (χ4n) is 3.04. The molecule has 5 nitrogen and oxygen atoms in total. The molecule has 1 fully saturated rings. The van der Waals surface area contributed by atoms with Gasteiger partial charge in [-0.3, -0.25) is 4.79 Å².